The van der Waals surface area contributed by atoms with Gasteiger partial charge in [0.05, 0.1) is 0 Å². The molecule has 2 heterocycles. The van der Waals surface area contributed by atoms with E-state index in [1.807, 2.05) is 46.1 Å². The fraction of sp³-hybridized carbons (Fsp3) is 0.600. The molecule has 6 heteroatoms. The molecular weight excluding hydrogens is 448 g/mol. The Morgan fingerprint density at radius 2 is 1.31 bits per heavy atom. The highest BCUT2D eigenvalue weighted by Gasteiger charge is 2.25. The van der Waals surface area contributed by atoms with E-state index in [4.69, 9.17) is 0 Å². The average molecular weight is 493 g/mol. The lowest BCUT2D eigenvalue weighted by Crippen LogP contribution is -2.82. The minimum Gasteiger partial charge on any atom is -0.858 e. The summed E-state index contributed by atoms with van der Waals surface area (Å²) in [7, 11) is 0. The van der Waals surface area contributed by atoms with Crippen molar-refractivity contribution in [2.75, 3.05) is 0 Å². The molecule has 0 saturated heterocycles. The van der Waals surface area contributed by atoms with Crippen LogP contribution < -0.4 is 19.2 Å². The molecule has 0 bridgehead atoms. The first kappa shape index (κ1) is 26.3. The standard InChI is InChI=1S/C30H42N4O2/c1-23(25-9-5-3-6-10-25)31-29(35)21-33-17-13-27(14-18-33)28-15-19-34(20-16-28)22-30(36)32-24(2)26-11-7-4-8-12-26/h13-20,23-26H,3-12,21-22H2,1-2H3/p+2/t23-,24+. The van der Waals surface area contributed by atoms with E-state index in [0.717, 1.165) is 11.1 Å². The van der Waals surface area contributed by atoms with Crippen molar-refractivity contribution in [3.63, 3.8) is 0 Å². The normalized spacial score (nSPS) is 20.3. The number of hydrogen-bond donors (Lipinski definition) is 2. The number of aromatic nitrogens is 2. The van der Waals surface area contributed by atoms with Crippen LogP contribution >= 0.6 is 0 Å². The van der Waals surface area contributed by atoms with E-state index in [1.165, 1.54) is 64.2 Å². The van der Waals surface area contributed by atoms with Crippen molar-refractivity contribution >= 4 is 11.8 Å². The topological polar surface area (TPSA) is 77.4 Å². The minimum atomic E-state index is -0.0472. The quantitative estimate of drug-likeness (QED) is 0.321. The first-order valence-corrected chi connectivity index (χ1v) is 14.0. The van der Waals surface area contributed by atoms with Crippen LogP contribution in [0.4, 0.5) is 0 Å². The molecule has 194 valence electrons. The van der Waals surface area contributed by atoms with Gasteiger partial charge in [-0.25, -0.2) is 9.56 Å². The van der Waals surface area contributed by atoms with Crippen LogP contribution in [0, 0.1) is 11.8 Å². The summed E-state index contributed by atoms with van der Waals surface area (Å²) in [6, 6.07) is 8.61. The molecule has 2 N–H and O–H groups in total. The number of aliphatic imine (C=N–C) groups is 1. The van der Waals surface area contributed by atoms with Crippen LogP contribution in [0.25, 0.3) is 11.1 Å². The molecule has 0 aliphatic heterocycles. The number of aliphatic hydroxyl groups is 1. The third-order valence-electron chi connectivity index (χ3n) is 8.20. The van der Waals surface area contributed by atoms with Crippen LogP contribution in [0.3, 0.4) is 0 Å². The molecule has 2 aliphatic carbocycles. The van der Waals surface area contributed by atoms with Crippen LogP contribution in [-0.4, -0.2) is 29.0 Å². The van der Waals surface area contributed by atoms with Gasteiger partial charge in [0, 0.05) is 42.1 Å². The summed E-state index contributed by atoms with van der Waals surface area (Å²) in [6.07, 6.45) is 20.6. The van der Waals surface area contributed by atoms with E-state index >= 15 is 0 Å². The Morgan fingerprint density at radius 3 is 1.83 bits per heavy atom. The number of nitrogens with zero attached hydrogens (tertiary/aromatic N) is 3. The summed E-state index contributed by atoms with van der Waals surface area (Å²) in [5, 5.41) is 23.0. The van der Waals surface area contributed by atoms with Gasteiger partial charge < -0.3 is 10.2 Å². The molecule has 2 aromatic heterocycles. The van der Waals surface area contributed by atoms with Crippen molar-refractivity contribution in [1.29, 1.82) is 0 Å². The Balaban J connectivity index is 1.30. The van der Waals surface area contributed by atoms with Crippen molar-refractivity contribution < 1.29 is 24.3 Å². The van der Waals surface area contributed by atoms with Crippen LogP contribution in [0.15, 0.2) is 54.0 Å². The largest absolute Gasteiger partial charge is 0.858 e. The Bertz CT molecular complexity index is 921. The van der Waals surface area contributed by atoms with E-state index in [0.29, 0.717) is 30.3 Å². The van der Waals surface area contributed by atoms with E-state index in [2.05, 4.69) is 36.0 Å². The van der Waals surface area contributed by atoms with Gasteiger partial charge in [0.25, 0.3) is 6.54 Å². The predicted octanol–water partition coefficient (Wildman–Crippen LogP) is 2.66. The molecule has 6 nitrogen and oxygen atoms in total. The first-order valence-electron chi connectivity index (χ1n) is 14.0. The zero-order valence-corrected chi connectivity index (χ0v) is 22.1. The van der Waals surface area contributed by atoms with Gasteiger partial charge >= 0.3 is 5.90 Å². The Labute approximate surface area is 216 Å². The molecule has 2 aliphatic rings. The lowest BCUT2D eigenvalue weighted by molar-refractivity contribution is -0.691. The lowest BCUT2D eigenvalue weighted by Gasteiger charge is -2.26. The predicted molar refractivity (Wildman–Crippen MR) is 140 cm³/mol. The summed E-state index contributed by atoms with van der Waals surface area (Å²) < 4.78 is 3.88. The zero-order chi connectivity index (χ0) is 25.3. The second-order valence-electron chi connectivity index (χ2n) is 11.0. The van der Waals surface area contributed by atoms with E-state index in [1.54, 1.807) is 0 Å². The van der Waals surface area contributed by atoms with Gasteiger partial charge in [-0.05, 0) is 56.6 Å². The van der Waals surface area contributed by atoms with Gasteiger partial charge in [0.1, 0.15) is 0 Å². The molecular formula is C30H44N4O2+2. The molecule has 2 atom stereocenters. The smallest absolute Gasteiger partial charge is 0.400 e. The number of aliphatic hydroxyl groups excluding tert-OH is 1. The fourth-order valence-corrected chi connectivity index (χ4v) is 5.89. The third-order valence-corrected chi connectivity index (χ3v) is 8.20. The molecule has 0 radical (unpaired) electrons. The Hall–Kier alpha value is -2.76. The number of rotatable bonds is 9. The van der Waals surface area contributed by atoms with Crippen molar-refractivity contribution in [2.45, 2.75) is 103 Å². The van der Waals surface area contributed by atoms with Gasteiger partial charge in [-0.2, -0.15) is 4.57 Å². The van der Waals surface area contributed by atoms with Crippen LogP contribution in [0.1, 0.15) is 78.1 Å². The van der Waals surface area contributed by atoms with E-state index < -0.39 is 0 Å². The van der Waals surface area contributed by atoms with Crippen LogP contribution in [-0.2, 0) is 13.1 Å². The number of hydrogen-bond acceptors (Lipinski definition) is 2. The van der Waals surface area contributed by atoms with Gasteiger partial charge in [-0.1, -0.05) is 38.5 Å². The zero-order valence-electron chi connectivity index (χ0n) is 22.1. The van der Waals surface area contributed by atoms with Gasteiger partial charge in [0.15, 0.2) is 37.4 Å². The maximum atomic E-state index is 12.5. The highest BCUT2D eigenvalue weighted by Crippen LogP contribution is 2.28. The molecule has 36 heavy (non-hydrogen) atoms. The fourth-order valence-electron chi connectivity index (χ4n) is 5.89. The first-order chi connectivity index (χ1) is 17.5. The summed E-state index contributed by atoms with van der Waals surface area (Å²) in [6.45, 7) is 5.00. The number of pyridine rings is 2. The molecule has 2 fully saturated rings. The summed E-state index contributed by atoms with van der Waals surface area (Å²) in [5.41, 5.74) is 2.19. The highest BCUT2D eigenvalue weighted by molar-refractivity contribution is 5.70. The SMILES string of the molecule is C[C@H]([NH+]=C(O)C[n+]1ccc(-c2cc[n+](CC([O-])=N[C@H](C)C3CCCCC3)cc2)cc1)C1CCCCC1. The molecule has 2 saturated carbocycles. The van der Waals surface area contributed by atoms with E-state index in [-0.39, 0.29) is 18.5 Å². The second kappa shape index (κ2) is 13.0. The van der Waals surface area contributed by atoms with Crippen LogP contribution in [0.5, 0.6) is 0 Å². The molecule has 0 amide bonds. The third kappa shape index (κ3) is 7.62. The monoisotopic (exact) mass is 492 g/mol. The van der Waals surface area contributed by atoms with Crippen molar-refractivity contribution in [3.05, 3.63) is 49.1 Å². The van der Waals surface area contributed by atoms with Gasteiger partial charge in [0.2, 0.25) is 0 Å². The number of nitrogens with one attached hydrogen (secondary N) is 1. The molecule has 0 aromatic carbocycles. The van der Waals surface area contributed by atoms with Crippen LogP contribution in [0.2, 0.25) is 0 Å². The molecule has 0 spiro atoms. The summed E-state index contributed by atoms with van der Waals surface area (Å²) >= 11 is 0. The van der Waals surface area contributed by atoms with Gasteiger partial charge in [-0.3, -0.25) is 4.99 Å². The van der Waals surface area contributed by atoms with Crippen molar-refractivity contribution in [2.24, 2.45) is 16.8 Å². The van der Waals surface area contributed by atoms with E-state index in [9.17, 15) is 10.2 Å². The molecule has 4 rings (SSSR count). The van der Waals surface area contributed by atoms with Crippen molar-refractivity contribution in [1.82, 2.24) is 0 Å². The minimum absolute atomic E-state index is 0.0472. The Kier molecular flexibility index (Phi) is 9.48. The van der Waals surface area contributed by atoms with Gasteiger partial charge in [-0.15, -0.1) is 0 Å². The lowest BCUT2D eigenvalue weighted by atomic mass is 9.85. The summed E-state index contributed by atoms with van der Waals surface area (Å²) in [4.78, 5) is 7.77. The van der Waals surface area contributed by atoms with Crippen molar-refractivity contribution in [3.8, 4) is 11.1 Å². The Morgan fingerprint density at radius 1 is 0.833 bits per heavy atom. The average Bonchev–Trinajstić information content (AvgIpc) is 2.90. The maximum Gasteiger partial charge on any atom is 0.400 e. The maximum absolute atomic E-state index is 12.5. The highest BCUT2D eigenvalue weighted by atomic mass is 16.3. The molecule has 0 unspecified atom stereocenters. The summed E-state index contributed by atoms with van der Waals surface area (Å²) in [5.74, 6) is 1.48. The molecule has 2 aromatic rings. The second-order valence-corrected chi connectivity index (χ2v) is 11.0.